The Balaban J connectivity index is 1.97. The predicted molar refractivity (Wildman–Crippen MR) is 67.4 cm³/mol. The normalized spacial score (nSPS) is 13.4. The maximum absolute atomic E-state index is 12.2. The number of hydrogen-bond donors (Lipinski definition) is 1. The van der Waals surface area contributed by atoms with Gasteiger partial charge in [0.1, 0.15) is 0 Å². The van der Waals surface area contributed by atoms with Crippen molar-refractivity contribution in [3.05, 3.63) is 36.2 Å². The number of aromatic nitrogens is 4. The number of aliphatic hydroxyl groups is 1. The number of nitrogens with zero attached hydrogens (tertiary/aromatic N) is 4. The number of para-hydroxylation sites is 1. The summed E-state index contributed by atoms with van der Waals surface area (Å²) in [5, 5.41) is 20.0. The van der Waals surface area contributed by atoms with Crippen LogP contribution in [0, 0.1) is 0 Å². The summed E-state index contributed by atoms with van der Waals surface area (Å²) in [5.74, 6) is 0.149. The van der Waals surface area contributed by atoms with Gasteiger partial charge in [-0.15, -0.1) is 5.10 Å². The van der Waals surface area contributed by atoms with Crippen molar-refractivity contribution in [2.75, 3.05) is 5.75 Å². The zero-order valence-corrected chi connectivity index (χ0v) is 11.0. The van der Waals surface area contributed by atoms with E-state index in [1.54, 1.807) is 24.3 Å². The monoisotopic (exact) mass is 304 g/mol. The van der Waals surface area contributed by atoms with E-state index < -0.39 is 18.0 Å². The van der Waals surface area contributed by atoms with Gasteiger partial charge in [0.25, 0.3) is 0 Å². The summed E-state index contributed by atoms with van der Waals surface area (Å²) in [6, 6.07) is 9.02. The van der Waals surface area contributed by atoms with E-state index >= 15 is 0 Å². The number of rotatable bonds is 5. The van der Waals surface area contributed by atoms with Crippen molar-refractivity contribution >= 4 is 11.8 Å². The van der Waals surface area contributed by atoms with Gasteiger partial charge in [0, 0.05) is 5.75 Å². The van der Waals surface area contributed by atoms with Crippen LogP contribution in [0.25, 0.3) is 5.69 Å². The Morgan fingerprint density at radius 2 is 1.95 bits per heavy atom. The lowest BCUT2D eigenvalue weighted by Crippen LogP contribution is -2.30. The van der Waals surface area contributed by atoms with E-state index in [2.05, 4.69) is 15.5 Å². The molecule has 1 aromatic heterocycles. The van der Waals surface area contributed by atoms with Crippen LogP contribution < -0.4 is 0 Å². The van der Waals surface area contributed by atoms with E-state index in [0.29, 0.717) is 5.82 Å². The van der Waals surface area contributed by atoms with Gasteiger partial charge in [-0.2, -0.15) is 29.6 Å². The predicted octanol–water partition coefficient (Wildman–Crippen LogP) is 1.82. The first-order valence-corrected chi connectivity index (χ1v) is 6.79. The highest BCUT2D eigenvalue weighted by atomic mass is 32.2. The Hall–Kier alpha value is -1.61. The van der Waals surface area contributed by atoms with Gasteiger partial charge in [-0.25, -0.2) is 0 Å². The molecule has 0 fully saturated rings. The van der Waals surface area contributed by atoms with Crippen LogP contribution in [0.4, 0.5) is 13.2 Å². The third-order valence-corrected chi connectivity index (χ3v) is 3.43. The average molecular weight is 304 g/mol. The Kier molecular flexibility index (Phi) is 4.61. The maximum atomic E-state index is 12.2. The highest BCUT2D eigenvalue weighted by molar-refractivity contribution is 7.98. The van der Waals surface area contributed by atoms with Gasteiger partial charge in [0.2, 0.25) is 0 Å². The Morgan fingerprint density at radius 1 is 1.25 bits per heavy atom. The lowest BCUT2D eigenvalue weighted by Gasteiger charge is -2.13. The summed E-state index contributed by atoms with van der Waals surface area (Å²) in [5.41, 5.74) is 0.726. The van der Waals surface area contributed by atoms with Gasteiger partial charge in [-0.3, -0.25) is 0 Å². The molecule has 5 nitrogen and oxygen atoms in total. The Labute approximate surface area is 116 Å². The third-order valence-electron chi connectivity index (χ3n) is 2.42. The number of tetrazole rings is 1. The Morgan fingerprint density at radius 3 is 2.60 bits per heavy atom. The van der Waals surface area contributed by atoms with Crippen LogP contribution in [-0.4, -0.2) is 43.3 Å². The van der Waals surface area contributed by atoms with Gasteiger partial charge < -0.3 is 5.11 Å². The largest absolute Gasteiger partial charge is 0.415 e. The first-order valence-electron chi connectivity index (χ1n) is 5.63. The summed E-state index contributed by atoms with van der Waals surface area (Å²) >= 11 is 0.921. The van der Waals surface area contributed by atoms with Gasteiger partial charge >= 0.3 is 6.18 Å². The van der Waals surface area contributed by atoms with Crippen LogP contribution in [0.5, 0.6) is 0 Å². The molecule has 2 rings (SSSR count). The van der Waals surface area contributed by atoms with Gasteiger partial charge in [0.15, 0.2) is 11.9 Å². The van der Waals surface area contributed by atoms with Crippen LogP contribution >= 0.6 is 11.8 Å². The molecule has 0 saturated carbocycles. The molecule has 1 N–H and O–H groups in total. The van der Waals surface area contributed by atoms with Crippen LogP contribution in [0.3, 0.4) is 0 Å². The first-order chi connectivity index (χ1) is 9.48. The van der Waals surface area contributed by atoms with Crippen LogP contribution in [-0.2, 0) is 5.75 Å². The minimum atomic E-state index is -4.60. The summed E-state index contributed by atoms with van der Waals surface area (Å²) in [6.45, 7) is 0. The average Bonchev–Trinajstić information content (AvgIpc) is 2.87. The summed E-state index contributed by atoms with van der Waals surface area (Å²) in [4.78, 5) is 0. The molecule has 2 aromatic rings. The zero-order valence-electron chi connectivity index (χ0n) is 10.2. The molecule has 0 aliphatic rings. The molecule has 0 radical (unpaired) electrons. The number of halogens is 3. The molecular weight excluding hydrogens is 293 g/mol. The number of aliphatic hydroxyl groups excluding tert-OH is 1. The van der Waals surface area contributed by atoms with E-state index in [0.717, 1.165) is 17.4 Å². The van der Waals surface area contributed by atoms with Crippen LogP contribution in [0.15, 0.2) is 30.3 Å². The smallest absolute Gasteiger partial charge is 0.383 e. The molecule has 20 heavy (non-hydrogen) atoms. The molecular formula is C11H11F3N4OS. The van der Waals surface area contributed by atoms with E-state index in [-0.39, 0.29) is 5.75 Å². The highest BCUT2D eigenvalue weighted by Gasteiger charge is 2.37. The molecule has 0 aliphatic heterocycles. The topological polar surface area (TPSA) is 63.8 Å². The van der Waals surface area contributed by atoms with Crippen molar-refractivity contribution in [2.45, 2.75) is 18.0 Å². The SMILES string of the molecule is O[C@H](CSCc1nnnn1-c1ccccc1)C(F)(F)F. The molecule has 1 aromatic carbocycles. The second-order valence-electron chi connectivity index (χ2n) is 3.92. The van der Waals surface area contributed by atoms with Crippen molar-refractivity contribution in [3.8, 4) is 5.69 Å². The van der Waals surface area contributed by atoms with Gasteiger partial charge in [-0.1, -0.05) is 18.2 Å². The number of benzene rings is 1. The molecule has 1 atom stereocenters. The fourth-order valence-corrected chi connectivity index (χ4v) is 2.31. The van der Waals surface area contributed by atoms with Crippen molar-refractivity contribution in [1.29, 1.82) is 0 Å². The van der Waals surface area contributed by atoms with Gasteiger partial charge in [-0.05, 0) is 22.6 Å². The van der Waals surface area contributed by atoms with Gasteiger partial charge in [0.05, 0.1) is 11.4 Å². The number of hydrogen-bond acceptors (Lipinski definition) is 5. The summed E-state index contributed by atoms with van der Waals surface area (Å²) < 4.78 is 37.9. The van der Waals surface area contributed by atoms with Crippen molar-refractivity contribution in [1.82, 2.24) is 20.2 Å². The van der Waals surface area contributed by atoms with Crippen molar-refractivity contribution in [2.24, 2.45) is 0 Å². The molecule has 1 heterocycles. The molecule has 0 amide bonds. The molecule has 0 bridgehead atoms. The number of thioether (sulfide) groups is 1. The second kappa shape index (κ2) is 6.23. The van der Waals surface area contributed by atoms with E-state index in [9.17, 15) is 13.2 Å². The first kappa shape index (κ1) is 14.8. The minimum Gasteiger partial charge on any atom is -0.383 e. The molecule has 0 aliphatic carbocycles. The third kappa shape index (κ3) is 3.70. The second-order valence-corrected chi connectivity index (χ2v) is 4.95. The molecule has 9 heteroatoms. The highest BCUT2D eigenvalue weighted by Crippen LogP contribution is 2.24. The molecule has 0 unspecified atom stereocenters. The van der Waals surface area contributed by atoms with E-state index in [4.69, 9.17) is 5.11 Å². The minimum absolute atomic E-state index is 0.176. The lowest BCUT2D eigenvalue weighted by molar-refractivity contribution is -0.195. The van der Waals surface area contributed by atoms with Crippen molar-refractivity contribution in [3.63, 3.8) is 0 Å². The van der Waals surface area contributed by atoms with E-state index in [1.807, 2.05) is 6.07 Å². The maximum Gasteiger partial charge on any atom is 0.415 e. The van der Waals surface area contributed by atoms with Crippen LogP contribution in [0.2, 0.25) is 0 Å². The fraction of sp³-hybridized carbons (Fsp3) is 0.364. The summed E-state index contributed by atoms with van der Waals surface area (Å²) in [7, 11) is 0. The standard InChI is InChI=1S/C11H11F3N4OS/c12-11(13,14)9(19)6-20-7-10-15-16-17-18(10)8-4-2-1-3-5-8/h1-5,9,19H,6-7H2/t9-/m1/s1. The van der Waals surface area contributed by atoms with Crippen LogP contribution in [0.1, 0.15) is 5.82 Å². The quantitative estimate of drug-likeness (QED) is 0.913. The number of alkyl halides is 3. The molecule has 0 saturated heterocycles. The van der Waals surface area contributed by atoms with E-state index in [1.165, 1.54) is 4.68 Å². The fourth-order valence-electron chi connectivity index (χ4n) is 1.42. The lowest BCUT2D eigenvalue weighted by atomic mass is 10.3. The zero-order chi connectivity index (χ0) is 14.6. The summed E-state index contributed by atoms with van der Waals surface area (Å²) in [6.07, 6.45) is -6.94. The Bertz CT molecular complexity index is 546. The molecule has 0 spiro atoms. The van der Waals surface area contributed by atoms with Crippen molar-refractivity contribution < 1.29 is 18.3 Å². The molecule has 108 valence electrons.